The fraction of sp³-hybridized carbons (Fsp3) is 0.0968. The zero-order chi connectivity index (χ0) is 26.8. The van der Waals surface area contributed by atoms with E-state index < -0.39 is 0 Å². The Balaban J connectivity index is 1.18. The minimum absolute atomic E-state index is 0.176. The molecule has 1 amide bonds. The summed E-state index contributed by atoms with van der Waals surface area (Å²) in [7, 11) is 1.96. The second kappa shape index (κ2) is 10.3. The van der Waals surface area contributed by atoms with Crippen molar-refractivity contribution >= 4 is 51.4 Å². The molecule has 0 fully saturated rings. The Kier molecular flexibility index (Phi) is 6.34. The highest BCUT2D eigenvalue weighted by molar-refractivity contribution is 6.00. The van der Waals surface area contributed by atoms with Crippen molar-refractivity contribution in [2.75, 3.05) is 5.32 Å². The zero-order valence-corrected chi connectivity index (χ0v) is 21.6. The molecule has 0 aliphatic heterocycles. The number of para-hydroxylation sites is 3. The molecular formula is C31H27N7O. The largest absolute Gasteiger partial charge is 0.355 e. The highest BCUT2D eigenvalue weighted by atomic mass is 16.1. The van der Waals surface area contributed by atoms with Crippen LogP contribution in [0.25, 0.3) is 34.1 Å². The van der Waals surface area contributed by atoms with Gasteiger partial charge in [0.05, 0.1) is 45.7 Å². The van der Waals surface area contributed by atoms with Crippen molar-refractivity contribution in [3.63, 3.8) is 0 Å². The number of imidazole rings is 1. The minimum atomic E-state index is -0.176. The van der Waals surface area contributed by atoms with E-state index >= 15 is 0 Å². The maximum atomic E-state index is 13.2. The molecule has 0 unspecified atom stereocenters. The van der Waals surface area contributed by atoms with Crippen molar-refractivity contribution < 1.29 is 4.79 Å². The van der Waals surface area contributed by atoms with Crippen LogP contribution in [-0.2, 0) is 13.6 Å². The summed E-state index contributed by atoms with van der Waals surface area (Å²) < 4.78 is 2.00. The fourth-order valence-electron chi connectivity index (χ4n) is 4.61. The first kappa shape index (κ1) is 24.1. The number of anilines is 2. The first-order valence-corrected chi connectivity index (χ1v) is 12.7. The molecule has 3 heterocycles. The second-order valence-electron chi connectivity index (χ2n) is 9.39. The lowest BCUT2D eigenvalue weighted by Crippen LogP contribution is -2.25. The van der Waals surface area contributed by atoms with Gasteiger partial charge in [0.15, 0.2) is 0 Å². The second-order valence-corrected chi connectivity index (χ2v) is 9.39. The van der Waals surface area contributed by atoms with Gasteiger partial charge in [0.25, 0.3) is 5.91 Å². The molecule has 0 radical (unpaired) electrons. The number of aromatic amines is 1. The van der Waals surface area contributed by atoms with Gasteiger partial charge in [0.1, 0.15) is 5.82 Å². The zero-order valence-electron chi connectivity index (χ0n) is 21.6. The molecule has 3 aromatic heterocycles. The van der Waals surface area contributed by atoms with Crippen LogP contribution >= 0.6 is 0 Å². The third-order valence-corrected chi connectivity index (χ3v) is 6.68. The Bertz CT molecular complexity index is 1850. The van der Waals surface area contributed by atoms with E-state index in [0.29, 0.717) is 17.8 Å². The average molecular weight is 514 g/mol. The molecule has 39 heavy (non-hydrogen) atoms. The van der Waals surface area contributed by atoms with E-state index in [0.717, 1.165) is 50.4 Å². The van der Waals surface area contributed by atoms with Gasteiger partial charge in [-0.05, 0) is 79.2 Å². The molecule has 0 aliphatic carbocycles. The number of carbonyl (C=O) groups is 1. The number of nitrogens with one attached hydrogen (secondary N) is 3. The summed E-state index contributed by atoms with van der Waals surface area (Å²) in [5, 5.41) is 15.0. The molecular weight excluding hydrogens is 486 g/mol. The van der Waals surface area contributed by atoms with Gasteiger partial charge in [0, 0.05) is 24.3 Å². The Labute approximate surface area is 225 Å². The smallest absolute Gasteiger partial charge is 0.253 e. The summed E-state index contributed by atoms with van der Waals surface area (Å²) in [6.07, 6.45) is 5.71. The molecule has 3 aromatic carbocycles. The van der Waals surface area contributed by atoms with Gasteiger partial charge < -0.3 is 15.2 Å². The number of amides is 1. The molecule has 8 heteroatoms. The first-order valence-electron chi connectivity index (χ1n) is 12.7. The van der Waals surface area contributed by atoms with Crippen molar-refractivity contribution in [3.8, 4) is 0 Å². The number of rotatable bonds is 7. The van der Waals surface area contributed by atoms with Crippen molar-refractivity contribution in [3.05, 3.63) is 113 Å². The van der Waals surface area contributed by atoms with Crippen molar-refractivity contribution in [1.82, 2.24) is 30.0 Å². The van der Waals surface area contributed by atoms with Gasteiger partial charge in [0.2, 0.25) is 0 Å². The Morgan fingerprint density at radius 2 is 1.85 bits per heavy atom. The standard InChI is InChI=1S/C31H27N7O/c1-20-15-16-32-21(17-20)12-14-26-23-13-11-22(18-28(23)37-36-26)34-25-8-4-3-7-24(25)31(39)33-19-30-35-27-9-5-6-10-29(27)38(30)2/h3-18,34H,19H2,1-2H3,(H,33,39)(H,36,37)/b14-12+. The number of nitrogens with zero attached hydrogens (tertiary/aromatic N) is 4. The van der Waals surface area contributed by atoms with Crippen LogP contribution in [0.2, 0.25) is 0 Å². The summed E-state index contributed by atoms with van der Waals surface area (Å²) in [6.45, 7) is 2.37. The van der Waals surface area contributed by atoms with E-state index in [1.807, 2.05) is 110 Å². The number of carbonyl (C=O) groups excluding carboxylic acids is 1. The monoisotopic (exact) mass is 513 g/mol. The first-order chi connectivity index (χ1) is 19.0. The molecule has 0 saturated carbocycles. The summed E-state index contributed by atoms with van der Waals surface area (Å²) in [6, 6.07) is 25.4. The topological polar surface area (TPSA) is 101 Å². The van der Waals surface area contributed by atoms with Crippen LogP contribution in [-0.4, -0.2) is 30.6 Å². The molecule has 0 aliphatic rings. The van der Waals surface area contributed by atoms with Crippen LogP contribution in [0.1, 0.15) is 33.1 Å². The van der Waals surface area contributed by atoms with Gasteiger partial charge in [-0.3, -0.25) is 14.9 Å². The number of H-pyrrole nitrogens is 1. The molecule has 0 atom stereocenters. The van der Waals surface area contributed by atoms with E-state index in [1.165, 1.54) is 0 Å². The third-order valence-electron chi connectivity index (χ3n) is 6.68. The van der Waals surface area contributed by atoms with Crippen molar-refractivity contribution in [2.45, 2.75) is 13.5 Å². The summed E-state index contributed by atoms with van der Waals surface area (Å²) in [5.41, 5.74) is 7.82. The van der Waals surface area contributed by atoms with Crippen LogP contribution in [0.3, 0.4) is 0 Å². The molecule has 0 saturated heterocycles. The molecule has 0 spiro atoms. The fourth-order valence-corrected chi connectivity index (χ4v) is 4.61. The predicted octanol–water partition coefficient (Wildman–Crippen LogP) is 6.00. The summed E-state index contributed by atoms with van der Waals surface area (Å²) in [4.78, 5) is 22.2. The highest BCUT2D eigenvalue weighted by Crippen LogP contribution is 2.26. The number of aryl methyl sites for hydroxylation is 2. The van der Waals surface area contributed by atoms with Crippen LogP contribution in [0, 0.1) is 6.92 Å². The van der Waals surface area contributed by atoms with Crippen LogP contribution in [0.15, 0.2) is 85.1 Å². The SMILES string of the molecule is Cc1ccnc(/C=C/c2n[nH]c3cc(Nc4ccccc4C(=O)NCc4nc5ccccc5n4C)ccc23)c1. The van der Waals surface area contributed by atoms with Crippen LogP contribution in [0.4, 0.5) is 11.4 Å². The van der Waals surface area contributed by atoms with Crippen molar-refractivity contribution in [2.24, 2.45) is 7.05 Å². The molecule has 3 N–H and O–H groups in total. The third kappa shape index (κ3) is 5.00. The molecule has 6 rings (SSSR count). The number of fused-ring (bicyclic) bond motifs is 2. The Morgan fingerprint density at radius 1 is 1.00 bits per heavy atom. The number of aromatic nitrogens is 5. The van der Waals surface area contributed by atoms with Gasteiger partial charge in [-0.1, -0.05) is 24.3 Å². The maximum Gasteiger partial charge on any atom is 0.253 e. The molecule has 0 bridgehead atoms. The van der Waals surface area contributed by atoms with Crippen LogP contribution in [0.5, 0.6) is 0 Å². The normalized spacial score (nSPS) is 11.4. The molecule has 8 nitrogen and oxygen atoms in total. The lowest BCUT2D eigenvalue weighted by Gasteiger charge is -2.12. The molecule has 6 aromatic rings. The number of pyridine rings is 1. The van der Waals surface area contributed by atoms with E-state index in [2.05, 4.69) is 30.8 Å². The maximum absolute atomic E-state index is 13.2. The van der Waals surface area contributed by atoms with Crippen LogP contribution < -0.4 is 10.6 Å². The van der Waals surface area contributed by atoms with E-state index in [4.69, 9.17) is 0 Å². The van der Waals surface area contributed by atoms with Gasteiger partial charge >= 0.3 is 0 Å². The lowest BCUT2D eigenvalue weighted by molar-refractivity contribution is 0.0950. The van der Waals surface area contributed by atoms with E-state index in [-0.39, 0.29) is 5.91 Å². The Morgan fingerprint density at radius 3 is 2.72 bits per heavy atom. The number of hydrogen-bond donors (Lipinski definition) is 3. The number of benzene rings is 3. The summed E-state index contributed by atoms with van der Waals surface area (Å²) in [5.74, 6) is 0.618. The van der Waals surface area contributed by atoms with Gasteiger partial charge in [-0.25, -0.2) is 4.98 Å². The molecule has 192 valence electrons. The summed E-state index contributed by atoms with van der Waals surface area (Å²) >= 11 is 0. The predicted molar refractivity (Wildman–Crippen MR) is 156 cm³/mol. The van der Waals surface area contributed by atoms with Gasteiger partial charge in [-0.2, -0.15) is 5.10 Å². The quantitative estimate of drug-likeness (QED) is 0.243. The van der Waals surface area contributed by atoms with Gasteiger partial charge in [-0.15, -0.1) is 0 Å². The lowest BCUT2D eigenvalue weighted by atomic mass is 10.1. The number of hydrogen-bond acceptors (Lipinski definition) is 5. The van der Waals surface area contributed by atoms with E-state index in [9.17, 15) is 4.79 Å². The van der Waals surface area contributed by atoms with Crippen molar-refractivity contribution in [1.29, 1.82) is 0 Å². The minimum Gasteiger partial charge on any atom is -0.355 e. The van der Waals surface area contributed by atoms with E-state index in [1.54, 1.807) is 6.20 Å². The average Bonchev–Trinajstić information content (AvgIpc) is 3.51. The highest BCUT2D eigenvalue weighted by Gasteiger charge is 2.14. The Hall–Kier alpha value is -5.24.